The van der Waals surface area contributed by atoms with E-state index < -0.39 is 11.9 Å². The smallest absolute Gasteiger partial charge is 0.308 e. The van der Waals surface area contributed by atoms with Gasteiger partial charge in [-0.05, 0) is 18.2 Å². The highest BCUT2D eigenvalue weighted by atomic mass is 19.1. The molecule has 4 heteroatoms. The molecule has 1 atom stereocenters. The molecule has 0 aromatic heterocycles. The summed E-state index contributed by atoms with van der Waals surface area (Å²) in [4.78, 5) is 12.5. The van der Waals surface area contributed by atoms with Crippen molar-refractivity contribution in [2.24, 2.45) is 5.92 Å². The van der Waals surface area contributed by atoms with Crippen LogP contribution in [0.3, 0.4) is 0 Å². The van der Waals surface area contributed by atoms with Crippen molar-refractivity contribution < 1.29 is 14.3 Å². The maximum atomic E-state index is 13.1. The molecule has 1 rings (SSSR count). The molecule has 90 valence electrons. The Kier molecular flexibility index (Phi) is 4.53. The minimum Gasteiger partial charge on any atom is -0.481 e. The molecule has 0 amide bonds. The highest BCUT2D eigenvalue weighted by molar-refractivity contribution is 5.70. The number of terminal acetylenes is 1. The van der Waals surface area contributed by atoms with Gasteiger partial charge in [0, 0.05) is 12.2 Å². The summed E-state index contributed by atoms with van der Waals surface area (Å²) < 4.78 is 13.1. The van der Waals surface area contributed by atoms with Gasteiger partial charge in [0.05, 0.1) is 12.5 Å². The molecule has 0 saturated carbocycles. The Labute approximate surface area is 99.9 Å². The number of hydrogen-bond donors (Lipinski definition) is 1. The first kappa shape index (κ1) is 13.0. The van der Waals surface area contributed by atoms with Gasteiger partial charge in [0.25, 0.3) is 0 Å². The molecule has 3 nitrogen and oxygen atoms in total. The van der Waals surface area contributed by atoms with Gasteiger partial charge in [0.1, 0.15) is 5.82 Å². The molecule has 1 N–H and O–H groups in total. The van der Waals surface area contributed by atoms with E-state index in [1.165, 1.54) is 12.1 Å². The number of hydrogen-bond acceptors (Lipinski definition) is 2. The molecule has 0 aliphatic carbocycles. The van der Waals surface area contributed by atoms with Crippen LogP contribution in [0, 0.1) is 24.1 Å². The van der Waals surface area contributed by atoms with E-state index in [0.29, 0.717) is 5.69 Å². The third kappa shape index (κ3) is 3.80. The van der Waals surface area contributed by atoms with Crippen molar-refractivity contribution in [2.45, 2.75) is 6.92 Å². The Balaban J connectivity index is 2.86. The molecule has 1 aromatic rings. The van der Waals surface area contributed by atoms with E-state index in [1.54, 1.807) is 24.0 Å². The molecular formula is C13H14FNO2. The third-order valence-corrected chi connectivity index (χ3v) is 2.37. The maximum absolute atomic E-state index is 13.1. The second-order valence-corrected chi connectivity index (χ2v) is 3.80. The molecule has 0 heterocycles. The largest absolute Gasteiger partial charge is 0.481 e. The van der Waals surface area contributed by atoms with Gasteiger partial charge in [0.15, 0.2) is 0 Å². The molecule has 1 aromatic carbocycles. The normalized spacial score (nSPS) is 11.6. The van der Waals surface area contributed by atoms with E-state index in [1.807, 2.05) is 0 Å². The fourth-order valence-corrected chi connectivity index (χ4v) is 1.45. The van der Waals surface area contributed by atoms with E-state index in [4.69, 9.17) is 11.5 Å². The Morgan fingerprint density at radius 2 is 2.35 bits per heavy atom. The van der Waals surface area contributed by atoms with Gasteiger partial charge in [-0.3, -0.25) is 4.79 Å². The summed E-state index contributed by atoms with van der Waals surface area (Å²) in [7, 11) is 0. The fraction of sp³-hybridized carbons (Fsp3) is 0.308. The van der Waals surface area contributed by atoms with E-state index in [0.717, 1.165) is 0 Å². The van der Waals surface area contributed by atoms with Crippen LogP contribution >= 0.6 is 0 Å². The van der Waals surface area contributed by atoms with Crippen molar-refractivity contribution in [3.8, 4) is 12.3 Å². The Bertz CT molecular complexity index is 439. The van der Waals surface area contributed by atoms with Gasteiger partial charge in [-0.25, -0.2) is 4.39 Å². The first-order valence-corrected chi connectivity index (χ1v) is 5.21. The molecule has 0 radical (unpaired) electrons. The van der Waals surface area contributed by atoms with Gasteiger partial charge in [-0.2, -0.15) is 0 Å². The van der Waals surface area contributed by atoms with Crippen LogP contribution in [0.4, 0.5) is 10.1 Å². The van der Waals surface area contributed by atoms with Gasteiger partial charge in [-0.1, -0.05) is 18.9 Å². The Morgan fingerprint density at radius 1 is 1.65 bits per heavy atom. The van der Waals surface area contributed by atoms with E-state index in [-0.39, 0.29) is 18.9 Å². The summed E-state index contributed by atoms with van der Waals surface area (Å²) >= 11 is 0. The Hall–Kier alpha value is -2.02. The summed E-state index contributed by atoms with van der Waals surface area (Å²) in [5, 5.41) is 8.85. The van der Waals surface area contributed by atoms with Gasteiger partial charge < -0.3 is 10.0 Å². The number of nitrogens with zero attached hydrogens (tertiary/aromatic N) is 1. The molecule has 1 unspecified atom stereocenters. The summed E-state index contributed by atoms with van der Waals surface area (Å²) in [6.07, 6.45) is 5.22. The van der Waals surface area contributed by atoms with Gasteiger partial charge in [0.2, 0.25) is 0 Å². The molecule has 0 aliphatic heterocycles. The highest BCUT2D eigenvalue weighted by Gasteiger charge is 2.16. The van der Waals surface area contributed by atoms with Crippen LogP contribution in [0.15, 0.2) is 24.3 Å². The number of aliphatic carboxylic acids is 1. The van der Waals surface area contributed by atoms with Crippen molar-refractivity contribution in [3.05, 3.63) is 30.1 Å². The summed E-state index contributed by atoms with van der Waals surface area (Å²) in [5.74, 6) is 0.610. The minimum absolute atomic E-state index is 0.251. The standard InChI is InChI=1S/C13H14FNO2/c1-3-7-15(9-10(2)13(16)17)12-6-4-5-11(14)8-12/h1,4-6,8,10H,7,9H2,2H3,(H,16,17). The zero-order chi connectivity index (χ0) is 12.8. The number of anilines is 1. The first-order chi connectivity index (χ1) is 8.04. The predicted octanol–water partition coefficient (Wildman–Crippen LogP) is 1.99. The summed E-state index contributed by atoms with van der Waals surface area (Å²) in [6, 6.07) is 5.94. The maximum Gasteiger partial charge on any atom is 0.308 e. The van der Waals surface area contributed by atoms with Crippen LogP contribution in [0.1, 0.15) is 6.92 Å². The van der Waals surface area contributed by atoms with E-state index >= 15 is 0 Å². The molecule has 0 fully saturated rings. The summed E-state index contributed by atoms with van der Waals surface area (Å²) in [5.41, 5.74) is 0.594. The van der Waals surface area contributed by atoms with Gasteiger partial charge >= 0.3 is 5.97 Å². The van der Waals surface area contributed by atoms with Gasteiger partial charge in [-0.15, -0.1) is 6.42 Å². The van der Waals surface area contributed by atoms with Crippen LogP contribution in [-0.2, 0) is 4.79 Å². The lowest BCUT2D eigenvalue weighted by Crippen LogP contribution is -2.32. The first-order valence-electron chi connectivity index (χ1n) is 5.21. The zero-order valence-corrected chi connectivity index (χ0v) is 9.56. The monoisotopic (exact) mass is 235 g/mol. The highest BCUT2D eigenvalue weighted by Crippen LogP contribution is 2.16. The molecule has 0 saturated heterocycles. The number of carboxylic acid groups (broad SMARTS) is 1. The van der Waals surface area contributed by atoms with Crippen molar-refractivity contribution >= 4 is 11.7 Å². The van der Waals surface area contributed by atoms with Crippen molar-refractivity contribution in [1.82, 2.24) is 0 Å². The molecule has 0 bridgehead atoms. The number of benzene rings is 1. The Morgan fingerprint density at radius 3 is 2.88 bits per heavy atom. The zero-order valence-electron chi connectivity index (χ0n) is 9.56. The average Bonchev–Trinajstić information content (AvgIpc) is 2.28. The second-order valence-electron chi connectivity index (χ2n) is 3.80. The van der Waals surface area contributed by atoms with Crippen molar-refractivity contribution in [3.63, 3.8) is 0 Å². The van der Waals surface area contributed by atoms with Crippen LogP contribution < -0.4 is 4.90 Å². The predicted molar refractivity (Wildman–Crippen MR) is 64.2 cm³/mol. The topological polar surface area (TPSA) is 40.5 Å². The molecule has 0 aliphatic rings. The second kappa shape index (κ2) is 5.90. The fourth-order valence-electron chi connectivity index (χ4n) is 1.45. The quantitative estimate of drug-likeness (QED) is 0.793. The van der Waals surface area contributed by atoms with E-state index in [9.17, 15) is 9.18 Å². The third-order valence-electron chi connectivity index (χ3n) is 2.37. The molecule has 17 heavy (non-hydrogen) atoms. The average molecular weight is 235 g/mol. The molecule has 0 spiro atoms. The minimum atomic E-state index is -0.900. The van der Waals surface area contributed by atoms with Crippen LogP contribution in [-0.4, -0.2) is 24.2 Å². The number of carbonyl (C=O) groups is 1. The lowest BCUT2D eigenvalue weighted by atomic mass is 10.1. The van der Waals surface area contributed by atoms with Crippen LogP contribution in [0.5, 0.6) is 0 Å². The molecular weight excluding hydrogens is 221 g/mol. The van der Waals surface area contributed by atoms with Crippen LogP contribution in [0.2, 0.25) is 0 Å². The summed E-state index contributed by atoms with van der Waals surface area (Å²) in [6.45, 7) is 2.09. The van der Waals surface area contributed by atoms with Crippen molar-refractivity contribution in [1.29, 1.82) is 0 Å². The van der Waals surface area contributed by atoms with E-state index in [2.05, 4.69) is 5.92 Å². The lowest BCUT2D eigenvalue weighted by molar-refractivity contribution is -0.140. The van der Waals surface area contributed by atoms with Crippen LogP contribution in [0.25, 0.3) is 0 Å². The number of halogens is 1. The van der Waals surface area contributed by atoms with Crippen molar-refractivity contribution in [2.75, 3.05) is 18.0 Å². The number of carboxylic acids is 1. The lowest BCUT2D eigenvalue weighted by Gasteiger charge is -2.24. The SMILES string of the molecule is C#CCN(CC(C)C(=O)O)c1cccc(F)c1. The number of rotatable bonds is 5.